The first-order valence-electron chi connectivity index (χ1n) is 5.87. The van der Waals surface area contributed by atoms with E-state index in [9.17, 15) is 5.11 Å². The van der Waals surface area contributed by atoms with Gasteiger partial charge in [-0.3, -0.25) is 0 Å². The van der Waals surface area contributed by atoms with E-state index in [-0.39, 0.29) is 6.10 Å². The number of allylic oxidation sites excluding steroid dienone is 1. The fraction of sp³-hybridized carbons (Fsp3) is 0.846. The van der Waals surface area contributed by atoms with E-state index in [1.165, 1.54) is 19.3 Å². The van der Waals surface area contributed by atoms with Crippen LogP contribution >= 0.6 is 0 Å². The van der Waals surface area contributed by atoms with Crippen LogP contribution in [0.1, 0.15) is 53.4 Å². The molecule has 0 aromatic rings. The van der Waals surface area contributed by atoms with Gasteiger partial charge in [-0.2, -0.15) is 0 Å². The Balaban J connectivity index is 3.49. The Labute approximate surface area is 89.2 Å². The highest BCUT2D eigenvalue weighted by Gasteiger charge is 2.07. The largest absolute Gasteiger partial charge is 0.389 e. The molecule has 14 heavy (non-hydrogen) atoms. The molecule has 0 aromatic carbocycles. The lowest BCUT2D eigenvalue weighted by molar-refractivity contribution is 0.186. The number of rotatable bonds is 7. The molecule has 0 aliphatic carbocycles. The predicted molar refractivity (Wildman–Crippen MR) is 63.3 cm³/mol. The zero-order valence-corrected chi connectivity index (χ0v) is 10.2. The summed E-state index contributed by atoms with van der Waals surface area (Å²) in [5.41, 5.74) is 0. The second-order valence-corrected chi connectivity index (χ2v) is 4.76. The van der Waals surface area contributed by atoms with E-state index >= 15 is 0 Å². The normalized spacial score (nSPS) is 16.4. The maximum absolute atomic E-state index is 9.54. The van der Waals surface area contributed by atoms with E-state index in [1.54, 1.807) is 0 Å². The van der Waals surface area contributed by atoms with E-state index in [4.69, 9.17) is 0 Å². The molecule has 0 aliphatic rings. The third-order valence-corrected chi connectivity index (χ3v) is 2.54. The van der Waals surface area contributed by atoms with Gasteiger partial charge in [-0.25, -0.2) is 0 Å². The average molecular weight is 198 g/mol. The number of hydrogen-bond donors (Lipinski definition) is 1. The SMILES string of the molecule is C/C=C\[C@H](O)C[C@H](C)CCCC(C)C. The first kappa shape index (κ1) is 13.7. The zero-order chi connectivity index (χ0) is 11.0. The molecular weight excluding hydrogens is 172 g/mol. The standard InChI is InChI=1S/C13H26O/c1-5-7-13(14)10-12(4)9-6-8-11(2)3/h5,7,11-14H,6,8-10H2,1-4H3/b7-5-/t12-,13+/m1/s1. The smallest absolute Gasteiger partial charge is 0.0723 e. The lowest BCUT2D eigenvalue weighted by atomic mass is 9.95. The third kappa shape index (κ3) is 8.31. The maximum Gasteiger partial charge on any atom is 0.0723 e. The lowest BCUT2D eigenvalue weighted by Crippen LogP contribution is -2.08. The van der Waals surface area contributed by atoms with Crippen LogP contribution in [-0.2, 0) is 0 Å². The molecule has 1 nitrogen and oxygen atoms in total. The van der Waals surface area contributed by atoms with Crippen molar-refractivity contribution >= 4 is 0 Å². The van der Waals surface area contributed by atoms with Crippen molar-refractivity contribution in [3.63, 3.8) is 0 Å². The zero-order valence-electron chi connectivity index (χ0n) is 10.2. The van der Waals surface area contributed by atoms with Crippen LogP contribution in [0.25, 0.3) is 0 Å². The monoisotopic (exact) mass is 198 g/mol. The molecule has 0 spiro atoms. The van der Waals surface area contributed by atoms with Gasteiger partial charge in [0.05, 0.1) is 6.10 Å². The Hall–Kier alpha value is -0.300. The van der Waals surface area contributed by atoms with Crippen molar-refractivity contribution in [1.82, 2.24) is 0 Å². The van der Waals surface area contributed by atoms with E-state index < -0.39 is 0 Å². The van der Waals surface area contributed by atoms with Gasteiger partial charge in [0.2, 0.25) is 0 Å². The number of aliphatic hydroxyl groups is 1. The molecule has 0 saturated carbocycles. The van der Waals surface area contributed by atoms with Crippen LogP contribution in [0.15, 0.2) is 12.2 Å². The van der Waals surface area contributed by atoms with Crippen LogP contribution in [-0.4, -0.2) is 11.2 Å². The summed E-state index contributed by atoms with van der Waals surface area (Å²) in [5.74, 6) is 1.45. The Morgan fingerprint density at radius 3 is 2.29 bits per heavy atom. The van der Waals surface area contributed by atoms with Crippen LogP contribution in [0, 0.1) is 11.8 Å². The van der Waals surface area contributed by atoms with Crippen molar-refractivity contribution in [2.45, 2.75) is 59.5 Å². The minimum atomic E-state index is -0.242. The summed E-state index contributed by atoms with van der Waals surface area (Å²) >= 11 is 0. The van der Waals surface area contributed by atoms with Gasteiger partial charge in [0.1, 0.15) is 0 Å². The lowest BCUT2D eigenvalue weighted by Gasteiger charge is -2.14. The second kappa shape index (κ2) is 8.05. The molecule has 0 amide bonds. The minimum absolute atomic E-state index is 0.242. The Bertz CT molecular complexity index is 149. The van der Waals surface area contributed by atoms with Crippen LogP contribution in [0.4, 0.5) is 0 Å². The van der Waals surface area contributed by atoms with E-state index in [2.05, 4.69) is 20.8 Å². The summed E-state index contributed by atoms with van der Waals surface area (Å²) in [4.78, 5) is 0. The second-order valence-electron chi connectivity index (χ2n) is 4.76. The molecule has 0 aromatic heterocycles. The Morgan fingerprint density at radius 2 is 1.79 bits per heavy atom. The van der Waals surface area contributed by atoms with Crippen LogP contribution in [0.3, 0.4) is 0 Å². The summed E-state index contributed by atoms with van der Waals surface area (Å²) in [6.07, 6.45) is 8.31. The molecule has 84 valence electrons. The van der Waals surface area contributed by atoms with Gasteiger partial charge in [-0.15, -0.1) is 0 Å². The van der Waals surface area contributed by atoms with Crippen molar-refractivity contribution < 1.29 is 5.11 Å². The molecule has 0 rings (SSSR count). The third-order valence-electron chi connectivity index (χ3n) is 2.54. The molecule has 0 aliphatic heterocycles. The van der Waals surface area contributed by atoms with Crippen molar-refractivity contribution in [3.05, 3.63) is 12.2 Å². The molecule has 1 heteroatoms. The van der Waals surface area contributed by atoms with E-state index in [1.807, 2.05) is 19.1 Å². The average Bonchev–Trinajstić information content (AvgIpc) is 2.03. The maximum atomic E-state index is 9.54. The Kier molecular flexibility index (Phi) is 7.87. The molecule has 0 radical (unpaired) electrons. The van der Waals surface area contributed by atoms with Gasteiger partial charge in [0.25, 0.3) is 0 Å². The fourth-order valence-electron chi connectivity index (χ4n) is 1.71. The Morgan fingerprint density at radius 1 is 1.14 bits per heavy atom. The van der Waals surface area contributed by atoms with Gasteiger partial charge in [0, 0.05) is 0 Å². The molecule has 0 bridgehead atoms. The highest BCUT2D eigenvalue weighted by molar-refractivity contribution is 4.86. The summed E-state index contributed by atoms with van der Waals surface area (Å²) in [5, 5.41) is 9.54. The van der Waals surface area contributed by atoms with Crippen molar-refractivity contribution in [3.8, 4) is 0 Å². The number of aliphatic hydroxyl groups excluding tert-OH is 1. The summed E-state index contributed by atoms with van der Waals surface area (Å²) < 4.78 is 0. The van der Waals surface area contributed by atoms with Gasteiger partial charge in [-0.05, 0) is 25.2 Å². The van der Waals surface area contributed by atoms with E-state index in [0.717, 1.165) is 12.3 Å². The predicted octanol–water partition coefficient (Wildman–Crippen LogP) is 3.78. The van der Waals surface area contributed by atoms with Gasteiger partial charge < -0.3 is 5.11 Å². The topological polar surface area (TPSA) is 20.2 Å². The van der Waals surface area contributed by atoms with Gasteiger partial charge >= 0.3 is 0 Å². The number of hydrogen-bond acceptors (Lipinski definition) is 1. The molecule has 0 fully saturated rings. The quantitative estimate of drug-likeness (QED) is 0.617. The molecule has 0 unspecified atom stereocenters. The van der Waals surface area contributed by atoms with Crippen LogP contribution in [0.2, 0.25) is 0 Å². The van der Waals surface area contributed by atoms with Gasteiger partial charge in [-0.1, -0.05) is 52.2 Å². The van der Waals surface area contributed by atoms with Gasteiger partial charge in [0.15, 0.2) is 0 Å². The summed E-state index contributed by atoms with van der Waals surface area (Å²) in [6, 6.07) is 0. The van der Waals surface area contributed by atoms with Crippen molar-refractivity contribution in [2.75, 3.05) is 0 Å². The highest BCUT2D eigenvalue weighted by Crippen LogP contribution is 2.17. The highest BCUT2D eigenvalue weighted by atomic mass is 16.3. The van der Waals surface area contributed by atoms with Crippen LogP contribution in [0.5, 0.6) is 0 Å². The molecule has 1 N–H and O–H groups in total. The van der Waals surface area contributed by atoms with Crippen LogP contribution < -0.4 is 0 Å². The summed E-state index contributed by atoms with van der Waals surface area (Å²) in [7, 11) is 0. The molecule has 0 saturated heterocycles. The van der Waals surface area contributed by atoms with Crippen molar-refractivity contribution in [2.24, 2.45) is 11.8 Å². The molecule has 2 atom stereocenters. The first-order valence-corrected chi connectivity index (χ1v) is 5.87. The minimum Gasteiger partial charge on any atom is -0.389 e. The molecular formula is C13H26O. The molecule has 0 heterocycles. The van der Waals surface area contributed by atoms with Crippen molar-refractivity contribution in [1.29, 1.82) is 0 Å². The first-order chi connectivity index (χ1) is 6.56. The fourth-order valence-corrected chi connectivity index (χ4v) is 1.71. The summed E-state index contributed by atoms with van der Waals surface area (Å²) in [6.45, 7) is 8.71. The van der Waals surface area contributed by atoms with E-state index in [0.29, 0.717) is 5.92 Å².